The molecule has 2 aromatic rings. The van der Waals surface area contributed by atoms with Crippen LogP contribution in [-0.2, 0) is 0 Å². The van der Waals surface area contributed by atoms with Gasteiger partial charge in [0.15, 0.2) is 0 Å². The third-order valence-corrected chi connectivity index (χ3v) is 3.62. The van der Waals surface area contributed by atoms with Gasteiger partial charge in [-0.3, -0.25) is 0 Å². The molecular formula is C18H24N2. The standard InChI is InChI=1S/C18H24N2/c1-16(17-10-5-3-6-11-17)19-14-9-15-20(2)18-12-7-4-8-13-18/h3-8,10-13,16,19H,9,14-15H2,1-2H3/t16-/m1/s1. The maximum Gasteiger partial charge on any atom is 0.0363 e. The predicted octanol–water partition coefficient (Wildman–Crippen LogP) is 3.86. The molecule has 20 heavy (non-hydrogen) atoms. The summed E-state index contributed by atoms with van der Waals surface area (Å²) in [4.78, 5) is 2.30. The van der Waals surface area contributed by atoms with Gasteiger partial charge in [0.2, 0.25) is 0 Å². The molecule has 1 N–H and O–H groups in total. The summed E-state index contributed by atoms with van der Waals surface area (Å²) in [5.41, 5.74) is 2.63. The quantitative estimate of drug-likeness (QED) is 0.767. The lowest BCUT2D eigenvalue weighted by molar-refractivity contribution is 0.558. The average molecular weight is 268 g/mol. The average Bonchev–Trinajstić information content (AvgIpc) is 2.53. The molecule has 0 heterocycles. The van der Waals surface area contributed by atoms with Crippen LogP contribution in [0.1, 0.15) is 24.9 Å². The third-order valence-electron chi connectivity index (χ3n) is 3.62. The lowest BCUT2D eigenvalue weighted by atomic mass is 10.1. The Balaban J connectivity index is 1.69. The molecule has 0 bridgehead atoms. The molecular weight excluding hydrogens is 244 g/mol. The highest BCUT2D eigenvalue weighted by Crippen LogP contribution is 2.12. The van der Waals surface area contributed by atoms with Crippen molar-refractivity contribution in [3.05, 3.63) is 66.2 Å². The molecule has 0 fully saturated rings. The van der Waals surface area contributed by atoms with Crippen molar-refractivity contribution in [1.29, 1.82) is 0 Å². The predicted molar refractivity (Wildman–Crippen MR) is 87.2 cm³/mol. The molecule has 2 heteroatoms. The first-order chi connectivity index (χ1) is 9.77. The first-order valence-corrected chi connectivity index (χ1v) is 7.32. The van der Waals surface area contributed by atoms with Gasteiger partial charge in [0.25, 0.3) is 0 Å². The molecule has 2 nitrogen and oxygen atoms in total. The van der Waals surface area contributed by atoms with Crippen molar-refractivity contribution >= 4 is 5.69 Å². The minimum atomic E-state index is 0.415. The van der Waals surface area contributed by atoms with Crippen molar-refractivity contribution in [3.63, 3.8) is 0 Å². The minimum absolute atomic E-state index is 0.415. The van der Waals surface area contributed by atoms with Gasteiger partial charge >= 0.3 is 0 Å². The zero-order chi connectivity index (χ0) is 14.2. The maximum absolute atomic E-state index is 3.58. The van der Waals surface area contributed by atoms with Gasteiger partial charge in [0.05, 0.1) is 0 Å². The van der Waals surface area contributed by atoms with Crippen LogP contribution >= 0.6 is 0 Å². The number of benzene rings is 2. The van der Waals surface area contributed by atoms with E-state index in [1.54, 1.807) is 0 Å². The summed E-state index contributed by atoms with van der Waals surface area (Å²) in [5.74, 6) is 0. The molecule has 0 aromatic heterocycles. The van der Waals surface area contributed by atoms with Crippen molar-refractivity contribution in [2.24, 2.45) is 0 Å². The molecule has 2 aromatic carbocycles. The number of nitrogens with zero attached hydrogens (tertiary/aromatic N) is 1. The number of anilines is 1. The molecule has 0 saturated heterocycles. The van der Waals surface area contributed by atoms with Gasteiger partial charge in [-0.25, -0.2) is 0 Å². The van der Waals surface area contributed by atoms with E-state index in [-0.39, 0.29) is 0 Å². The largest absolute Gasteiger partial charge is 0.375 e. The first kappa shape index (κ1) is 14.6. The molecule has 106 valence electrons. The van der Waals surface area contributed by atoms with E-state index in [2.05, 4.69) is 84.9 Å². The van der Waals surface area contributed by atoms with Crippen molar-refractivity contribution < 1.29 is 0 Å². The molecule has 0 aliphatic heterocycles. The lowest BCUT2D eigenvalue weighted by Crippen LogP contribution is -2.25. The molecule has 0 aliphatic carbocycles. The number of hydrogen-bond acceptors (Lipinski definition) is 2. The SMILES string of the molecule is C[C@@H](NCCCN(C)c1ccccc1)c1ccccc1. The van der Waals surface area contributed by atoms with Crippen molar-refractivity contribution in [1.82, 2.24) is 5.32 Å². The van der Waals surface area contributed by atoms with Crippen LogP contribution in [-0.4, -0.2) is 20.1 Å². The number of para-hydroxylation sites is 1. The fourth-order valence-electron chi connectivity index (χ4n) is 2.31. The Kier molecular flexibility index (Phi) is 5.63. The summed E-state index contributed by atoms with van der Waals surface area (Å²) in [6.45, 7) is 4.32. The van der Waals surface area contributed by atoms with Crippen LogP contribution in [0.5, 0.6) is 0 Å². The smallest absolute Gasteiger partial charge is 0.0363 e. The van der Waals surface area contributed by atoms with Gasteiger partial charge in [0.1, 0.15) is 0 Å². The molecule has 0 amide bonds. The van der Waals surface area contributed by atoms with Gasteiger partial charge in [-0.15, -0.1) is 0 Å². The van der Waals surface area contributed by atoms with Crippen LogP contribution in [0.3, 0.4) is 0 Å². The molecule has 0 saturated carbocycles. The maximum atomic E-state index is 3.58. The van der Waals surface area contributed by atoms with Crippen LogP contribution in [0.25, 0.3) is 0 Å². The molecule has 0 aliphatic rings. The zero-order valence-corrected chi connectivity index (χ0v) is 12.4. The van der Waals surface area contributed by atoms with E-state index in [4.69, 9.17) is 0 Å². The Morgan fingerprint density at radius 3 is 2.20 bits per heavy atom. The summed E-state index contributed by atoms with van der Waals surface area (Å²) in [5, 5.41) is 3.58. The van der Waals surface area contributed by atoms with Gasteiger partial charge in [0, 0.05) is 25.3 Å². The molecule has 0 radical (unpaired) electrons. The van der Waals surface area contributed by atoms with Crippen LogP contribution in [0.2, 0.25) is 0 Å². The number of rotatable bonds is 7. The highest BCUT2D eigenvalue weighted by molar-refractivity contribution is 5.44. The Morgan fingerprint density at radius 2 is 1.55 bits per heavy atom. The van der Waals surface area contributed by atoms with E-state index in [0.29, 0.717) is 6.04 Å². The molecule has 1 atom stereocenters. The normalized spacial score (nSPS) is 12.1. The van der Waals surface area contributed by atoms with E-state index >= 15 is 0 Å². The van der Waals surface area contributed by atoms with Crippen molar-refractivity contribution in [2.45, 2.75) is 19.4 Å². The topological polar surface area (TPSA) is 15.3 Å². The fourth-order valence-corrected chi connectivity index (χ4v) is 2.31. The summed E-state index contributed by atoms with van der Waals surface area (Å²) in [7, 11) is 2.15. The van der Waals surface area contributed by atoms with Gasteiger partial charge in [-0.05, 0) is 37.6 Å². The number of nitrogens with one attached hydrogen (secondary N) is 1. The highest BCUT2D eigenvalue weighted by atomic mass is 15.1. The summed E-state index contributed by atoms with van der Waals surface area (Å²) >= 11 is 0. The van der Waals surface area contributed by atoms with Crippen molar-refractivity contribution in [2.75, 3.05) is 25.0 Å². The van der Waals surface area contributed by atoms with E-state index < -0.39 is 0 Å². The Bertz CT molecular complexity index is 434. The monoisotopic (exact) mass is 268 g/mol. The minimum Gasteiger partial charge on any atom is -0.375 e. The van der Waals surface area contributed by atoms with E-state index in [1.807, 2.05) is 0 Å². The van der Waals surface area contributed by atoms with E-state index in [0.717, 1.165) is 19.5 Å². The van der Waals surface area contributed by atoms with Crippen LogP contribution in [0.4, 0.5) is 5.69 Å². The van der Waals surface area contributed by atoms with Gasteiger partial charge < -0.3 is 10.2 Å². The second-order valence-corrected chi connectivity index (χ2v) is 5.20. The molecule has 0 spiro atoms. The fraction of sp³-hybridized carbons (Fsp3) is 0.333. The second-order valence-electron chi connectivity index (χ2n) is 5.20. The molecule has 2 rings (SSSR count). The third kappa shape index (κ3) is 4.39. The molecule has 0 unspecified atom stereocenters. The summed E-state index contributed by atoms with van der Waals surface area (Å²) < 4.78 is 0. The highest BCUT2D eigenvalue weighted by Gasteiger charge is 2.04. The van der Waals surface area contributed by atoms with Crippen molar-refractivity contribution in [3.8, 4) is 0 Å². The van der Waals surface area contributed by atoms with Crippen LogP contribution in [0, 0.1) is 0 Å². The second kappa shape index (κ2) is 7.71. The van der Waals surface area contributed by atoms with Crippen LogP contribution in [0.15, 0.2) is 60.7 Å². The Hall–Kier alpha value is -1.80. The number of hydrogen-bond donors (Lipinski definition) is 1. The van der Waals surface area contributed by atoms with E-state index in [9.17, 15) is 0 Å². The summed E-state index contributed by atoms with van der Waals surface area (Å²) in [6.07, 6.45) is 1.14. The Labute approximate surface area is 122 Å². The van der Waals surface area contributed by atoms with Gasteiger partial charge in [-0.2, -0.15) is 0 Å². The Morgan fingerprint density at radius 1 is 0.950 bits per heavy atom. The van der Waals surface area contributed by atoms with E-state index in [1.165, 1.54) is 11.3 Å². The zero-order valence-electron chi connectivity index (χ0n) is 12.4. The summed E-state index contributed by atoms with van der Waals surface area (Å²) in [6, 6.07) is 21.5. The first-order valence-electron chi connectivity index (χ1n) is 7.32. The lowest BCUT2D eigenvalue weighted by Gasteiger charge is -2.20. The van der Waals surface area contributed by atoms with Crippen LogP contribution < -0.4 is 10.2 Å². The van der Waals surface area contributed by atoms with Gasteiger partial charge in [-0.1, -0.05) is 48.5 Å².